The summed E-state index contributed by atoms with van der Waals surface area (Å²) >= 11 is 1.87. The third-order valence-electron chi connectivity index (χ3n) is 8.94. The normalized spacial score (nSPS) is 12.2. The van der Waals surface area contributed by atoms with E-state index in [1.165, 1.54) is 64.0 Å². The summed E-state index contributed by atoms with van der Waals surface area (Å²) in [5.74, 6) is 0. The Morgan fingerprint density at radius 1 is 0.419 bits per heavy atom. The number of benzene rings is 7. The Morgan fingerprint density at radius 2 is 1.02 bits per heavy atom. The lowest BCUT2D eigenvalue weighted by molar-refractivity contribution is 0.613. The van der Waals surface area contributed by atoms with E-state index in [9.17, 15) is 0 Å². The molecule has 0 saturated carbocycles. The van der Waals surface area contributed by atoms with E-state index in [1.807, 2.05) is 23.5 Å². The lowest BCUT2D eigenvalue weighted by Crippen LogP contribution is -1.91. The number of hydrogen-bond donors (Lipinski definition) is 0. The highest BCUT2D eigenvalue weighted by molar-refractivity contribution is 7.25. The zero-order valence-electron chi connectivity index (χ0n) is 22.9. The van der Waals surface area contributed by atoms with Crippen molar-refractivity contribution in [2.45, 2.75) is 0 Å². The summed E-state index contributed by atoms with van der Waals surface area (Å²) in [6.45, 7) is 0. The lowest BCUT2D eigenvalue weighted by Gasteiger charge is -2.19. The quantitative estimate of drug-likeness (QED) is 0.195. The first-order valence-electron chi connectivity index (χ1n) is 14.5. The van der Waals surface area contributed by atoms with Crippen LogP contribution in [0.3, 0.4) is 0 Å². The molecule has 200 valence electrons. The molecule has 0 bridgehead atoms. The summed E-state index contributed by atoms with van der Waals surface area (Å²) in [6, 6.07) is 46.0. The molecule has 0 spiro atoms. The lowest BCUT2D eigenvalue weighted by atomic mass is 9.84. The Kier molecular flexibility index (Phi) is 4.63. The van der Waals surface area contributed by atoms with Gasteiger partial charge in [0.05, 0.1) is 6.26 Å². The van der Waals surface area contributed by atoms with Crippen molar-refractivity contribution < 1.29 is 8.83 Å². The van der Waals surface area contributed by atoms with Gasteiger partial charge in [0, 0.05) is 42.4 Å². The summed E-state index contributed by atoms with van der Waals surface area (Å²) in [7, 11) is 0. The van der Waals surface area contributed by atoms with E-state index in [1.54, 1.807) is 6.26 Å². The Labute approximate surface area is 250 Å². The maximum absolute atomic E-state index is 6.43. The average Bonchev–Trinajstić information content (AvgIpc) is 3.77. The zero-order valence-corrected chi connectivity index (χ0v) is 23.7. The van der Waals surface area contributed by atoms with Gasteiger partial charge >= 0.3 is 0 Å². The number of thiophene rings is 1. The summed E-state index contributed by atoms with van der Waals surface area (Å²) in [4.78, 5) is 0. The number of fused-ring (bicyclic) bond motifs is 9. The average molecular weight is 567 g/mol. The predicted octanol–water partition coefficient (Wildman–Crippen LogP) is 12.3. The van der Waals surface area contributed by atoms with Crippen molar-refractivity contribution in [2.24, 2.45) is 0 Å². The maximum atomic E-state index is 6.43. The highest BCUT2D eigenvalue weighted by Crippen LogP contribution is 2.49. The van der Waals surface area contributed by atoms with E-state index in [0.29, 0.717) is 0 Å². The molecule has 0 aliphatic heterocycles. The van der Waals surface area contributed by atoms with Crippen LogP contribution in [0.5, 0.6) is 0 Å². The van der Waals surface area contributed by atoms with Gasteiger partial charge in [-0.05, 0) is 74.1 Å². The van der Waals surface area contributed by atoms with Crippen LogP contribution in [0.15, 0.2) is 142 Å². The van der Waals surface area contributed by atoms with Crippen molar-refractivity contribution in [3.63, 3.8) is 0 Å². The van der Waals surface area contributed by atoms with Gasteiger partial charge in [0.15, 0.2) is 0 Å². The van der Waals surface area contributed by atoms with Crippen molar-refractivity contribution in [1.29, 1.82) is 0 Å². The predicted molar refractivity (Wildman–Crippen MR) is 182 cm³/mol. The fraction of sp³-hybridized carbons (Fsp3) is 0. The van der Waals surface area contributed by atoms with Crippen LogP contribution in [-0.2, 0) is 0 Å². The molecule has 3 heteroatoms. The Bertz CT molecular complexity index is 2680. The van der Waals surface area contributed by atoms with Crippen LogP contribution in [0.4, 0.5) is 0 Å². The highest BCUT2D eigenvalue weighted by atomic mass is 32.1. The standard InChI is InChI=1S/C40H22O2S/c1-3-11-26-24(9-1)37(29-14-7-16-32-39(29)31-21-23-19-20-41-33(23)22-34(31)42-32)25-10-2-4-12-27(25)38(26)30-15-8-18-36-40(30)28-13-5-6-17-35(28)43-36/h1-22H. The Balaban J connectivity index is 1.38. The molecule has 3 aromatic heterocycles. The van der Waals surface area contributed by atoms with Crippen molar-refractivity contribution in [3.05, 3.63) is 134 Å². The molecule has 0 unspecified atom stereocenters. The van der Waals surface area contributed by atoms with E-state index >= 15 is 0 Å². The first kappa shape index (κ1) is 23.2. The number of hydrogen-bond acceptors (Lipinski definition) is 3. The van der Waals surface area contributed by atoms with E-state index < -0.39 is 0 Å². The first-order valence-corrected chi connectivity index (χ1v) is 15.3. The molecule has 3 heterocycles. The molecule has 0 amide bonds. The number of furan rings is 2. The molecule has 0 fully saturated rings. The van der Waals surface area contributed by atoms with E-state index in [2.05, 4.69) is 115 Å². The maximum Gasteiger partial charge on any atom is 0.139 e. The first-order chi connectivity index (χ1) is 21.3. The molecule has 43 heavy (non-hydrogen) atoms. The highest BCUT2D eigenvalue weighted by Gasteiger charge is 2.22. The van der Waals surface area contributed by atoms with Crippen LogP contribution in [0.2, 0.25) is 0 Å². The van der Waals surface area contributed by atoms with E-state index in [4.69, 9.17) is 8.83 Å². The van der Waals surface area contributed by atoms with Gasteiger partial charge < -0.3 is 8.83 Å². The summed E-state index contributed by atoms with van der Waals surface area (Å²) in [5.41, 5.74) is 7.54. The molecule has 0 atom stereocenters. The molecule has 0 N–H and O–H groups in total. The van der Waals surface area contributed by atoms with E-state index in [-0.39, 0.29) is 0 Å². The van der Waals surface area contributed by atoms with Crippen molar-refractivity contribution in [3.8, 4) is 22.3 Å². The largest absolute Gasteiger partial charge is 0.464 e. The fourth-order valence-corrected chi connectivity index (χ4v) is 8.32. The topological polar surface area (TPSA) is 26.3 Å². The second kappa shape index (κ2) is 8.57. The molecule has 7 aromatic carbocycles. The van der Waals surface area contributed by atoms with Crippen molar-refractivity contribution in [1.82, 2.24) is 0 Å². The summed E-state index contributed by atoms with van der Waals surface area (Å²) < 4.78 is 14.8. The smallest absolute Gasteiger partial charge is 0.139 e. The van der Waals surface area contributed by atoms with Crippen LogP contribution in [0.1, 0.15) is 0 Å². The Morgan fingerprint density at radius 3 is 1.74 bits per heavy atom. The van der Waals surface area contributed by atoms with Crippen LogP contribution in [0, 0.1) is 0 Å². The van der Waals surface area contributed by atoms with Crippen molar-refractivity contribution >= 4 is 86.0 Å². The molecule has 0 radical (unpaired) electrons. The van der Waals surface area contributed by atoms with Gasteiger partial charge in [-0.2, -0.15) is 0 Å². The van der Waals surface area contributed by atoms with E-state index in [0.717, 1.165) is 32.9 Å². The van der Waals surface area contributed by atoms with Crippen molar-refractivity contribution in [2.75, 3.05) is 0 Å². The van der Waals surface area contributed by atoms with Crippen LogP contribution in [0.25, 0.3) is 96.9 Å². The molecule has 10 rings (SSSR count). The zero-order chi connectivity index (χ0) is 28.1. The Hall–Kier alpha value is -5.38. The monoisotopic (exact) mass is 566 g/mol. The van der Waals surface area contributed by atoms with Crippen LogP contribution in [-0.4, -0.2) is 0 Å². The third-order valence-corrected chi connectivity index (χ3v) is 10.1. The van der Waals surface area contributed by atoms with Crippen LogP contribution < -0.4 is 0 Å². The molecule has 2 nitrogen and oxygen atoms in total. The van der Waals surface area contributed by atoms with Gasteiger partial charge in [0.25, 0.3) is 0 Å². The second-order valence-electron chi connectivity index (χ2n) is 11.2. The molecular weight excluding hydrogens is 545 g/mol. The van der Waals surface area contributed by atoms with Gasteiger partial charge in [-0.1, -0.05) is 91.0 Å². The third kappa shape index (κ3) is 3.17. The molecule has 10 aromatic rings. The summed E-state index contributed by atoms with van der Waals surface area (Å²) in [6.07, 6.45) is 1.74. The minimum atomic E-state index is 0.837. The van der Waals surface area contributed by atoms with Gasteiger partial charge in [0.1, 0.15) is 16.7 Å². The molecule has 0 aliphatic carbocycles. The fourth-order valence-electron chi connectivity index (χ4n) is 7.18. The van der Waals surface area contributed by atoms with Gasteiger partial charge in [-0.3, -0.25) is 0 Å². The minimum Gasteiger partial charge on any atom is -0.464 e. The van der Waals surface area contributed by atoms with Gasteiger partial charge in [0.2, 0.25) is 0 Å². The molecular formula is C40H22O2S. The number of rotatable bonds is 2. The van der Waals surface area contributed by atoms with Gasteiger partial charge in [-0.15, -0.1) is 11.3 Å². The molecule has 0 aliphatic rings. The summed E-state index contributed by atoms with van der Waals surface area (Å²) in [5, 5.41) is 10.9. The second-order valence-corrected chi connectivity index (χ2v) is 12.3. The molecule has 0 saturated heterocycles. The minimum absolute atomic E-state index is 0.837. The van der Waals surface area contributed by atoms with Gasteiger partial charge in [-0.25, -0.2) is 0 Å². The SMILES string of the molecule is c1cc(-c2c3ccccc3c(-c3cccc4sc5ccccc5c34)c3ccccc23)c2c(c1)oc1cc3occc3cc12. The van der Waals surface area contributed by atoms with Crippen LogP contribution >= 0.6 is 11.3 Å².